The number of hydrogen-bond acceptors (Lipinski definition) is 1. The topological polar surface area (TPSA) is 3.24 Å². The van der Waals surface area contributed by atoms with Crippen molar-refractivity contribution < 1.29 is 8.78 Å². The van der Waals surface area contributed by atoms with Crippen LogP contribution in [0.4, 0.5) is 20.2 Å². The van der Waals surface area contributed by atoms with Gasteiger partial charge in [-0.15, -0.1) is 0 Å². The molecule has 0 aliphatic heterocycles. The molecule has 0 saturated heterocycles. The predicted octanol–water partition coefficient (Wildman–Crippen LogP) is 4.43. The number of benzene rings is 2. The molecule has 0 aliphatic rings. The van der Waals surface area contributed by atoms with Gasteiger partial charge >= 0.3 is 0 Å². The minimum atomic E-state index is -0.432. The number of anilines is 2. The van der Waals surface area contributed by atoms with Crippen molar-refractivity contribution in [3.8, 4) is 0 Å². The molecule has 0 bridgehead atoms. The maximum absolute atomic E-state index is 13.8. The number of nitrogens with zero attached hydrogens (tertiary/aromatic N) is 1. The SMILES string of the molecule is CCN(c1ccccc1C)c1cc(F)ccc1F. The Balaban J connectivity index is 2.52. The molecule has 0 unspecified atom stereocenters. The van der Waals surface area contributed by atoms with Crippen LogP contribution >= 0.6 is 0 Å². The van der Waals surface area contributed by atoms with E-state index in [-0.39, 0.29) is 5.69 Å². The highest BCUT2D eigenvalue weighted by molar-refractivity contribution is 5.66. The van der Waals surface area contributed by atoms with Crippen LogP contribution in [0.5, 0.6) is 0 Å². The first-order valence-electron chi connectivity index (χ1n) is 5.91. The predicted molar refractivity (Wildman–Crippen MR) is 70.2 cm³/mol. The zero-order valence-corrected chi connectivity index (χ0v) is 10.5. The third kappa shape index (κ3) is 2.35. The average molecular weight is 247 g/mol. The fourth-order valence-corrected chi connectivity index (χ4v) is 2.03. The van der Waals surface area contributed by atoms with Crippen molar-refractivity contribution in [1.82, 2.24) is 0 Å². The van der Waals surface area contributed by atoms with Crippen LogP contribution in [-0.2, 0) is 0 Å². The van der Waals surface area contributed by atoms with Crippen LogP contribution in [0.1, 0.15) is 12.5 Å². The lowest BCUT2D eigenvalue weighted by Gasteiger charge is -2.25. The van der Waals surface area contributed by atoms with E-state index in [2.05, 4.69) is 0 Å². The molecule has 18 heavy (non-hydrogen) atoms. The summed E-state index contributed by atoms with van der Waals surface area (Å²) in [6.07, 6.45) is 0. The van der Waals surface area contributed by atoms with Gasteiger partial charge in [0.25, 0.3) is 0 Å². The Hall–Kier alpha value is -1.90. The monoisotopic (exact) mass is 247 g/mol. The van der Waals surface area contributed by atoms with Gasteiger partial charge in [-0.3, -0.25) is 0 Å². The quantitative estimate of drug-likeness (QED) is 0.775. The van der Waals surface area contributed by atoms with Gasteiger partial charge in [-0.05, 0) is 37.6 Å². The Morgan fingerprint density at radius 1 is 1.00 bits per heavy atom. The van der Waals surface area contributed by atoms with Crippen molar-refractivity contribution in [3.05, 3.63) is 59.7 Å². The molecule has 2 aromatic carbocycles. The Morgan fingerprint density at radius 3 is 2.39 bits per heavy atom. The van der Waals surface area contributed by atoms with Gasteiger partial charge < -0.3 is 4.90 Å². The summed E-state index contributed by atoms with van der Waals surface area (Å²) >= 11 is 0. The van der Waals surface area contributed by atoms with Crippen LogP contribution in [0, 0.1) is 18.6 Å². The molecule has 0 fully saturated rings. The van der Waals surface area contributed by atoms with Gasteiger partial charge in [-0.2, -0.15) is 0 Å². The Morgan fingerprint density at radius 2 is 1.72 bits per heavy atom. The second-order valence-electron chi connectivity index (χ2n) is 4.13. The van der Waals surface area contributed by atoms with E-state index in [1.807, 2.05) is 38.1 Å². The van der Waals surface area contributed by atoms with Gasteiger partial charge in [-0.1, -0.05) is 18.2 Å². The molecule has 0 N–H and O–H groups in total. The van der Waals surface area contributed by atoms with Crippen LogP contribution in [0.25, 0.3) is 0 Å². The highest BCUT2D eigenvalue weighted by atomic mass is 19.1. The van der Waals surface area contributed by atoms with Crippen molar-refractivity contribution in [3.63, 3.8) is 0 Å². The molecule has 0 saturated carbocycles. The molecule has 0 aliphatic carbocycles. The Bertz CT molecular complexity index is 552. The zero-order chi connectivity index (χ0) is 13.1. The molecule has 0 atom stereocenters. The van der Waals surface area contributed by atoms with Crippen molar-refractivity contribution in [2.45, 2.75) is 13.8 Å². The van der Waals surface area contributed by atoms with Gasteiger partial charge in [-0.25, -0.2) is 8.78 Å². The third-order valence-corrected chi connectivity index (χ3v) is 2.92. The molecular formula is C15H15F2N. The van der Waals surface area contributed by atoms with Crippen molar-refractivity contribution in [2.75, 3.05) is 11.4 Å². The van der Waals surface area contributed by atoms with E-state index < -0.39 is 11.6 Å². The van der Waals surface area contributed by atoms with Crippen molar-refractivity contribution in [2.24, 2.45) is 0 Å². The number of para-hydroxylation sites is 1. The molecule has 0 aromatic heterocycles. The smallest absolute Gasteiger partial charge is 0.147 e. The van der Waals surface area contributed by atoms with Crippen LogP contribution in [-0.4, -0.2) is 6.54 Å². The van der Waals surface area contributed by atoms with Gasteiger partial charge in [0.05, 0.1) is 5.69 Å². The molecule has 2 rings (SSSR count). The maximum atomic E-state index is 13.8. The van der Waals surface area contributed by atoms with E-state index in [0.29, 0.717) is 6.54 Å². The van der Waals surface area contributed by atoms with Crippen LogP contribution < -0.4 is 4.90 Å². The highest BCUT2D eigenvalue weighted by Crippen LogP contribution is 2.30. The Labute approximate surface area is 106 Å². The number of halogens is 2. The fourth-order valence-electron chi connectivity index (χ4n) is 2.03. The zero-order valence-electron chi connectivity index (χ0n) is 10.5. The highest BCUT2D eigenvalue weighted by Gasteiger charge is 2.14. The van der Waals surface area contributed by atoms with Crippen molar-refractivity contribution >= 4 is 11.4 Å². The normalized spacial score (nSPS) is 10.4. The van der Waals surface area contributed by atoms with Gasteiger partial charge in [0.15, 0.2) is 0 Å². The van der Waals surface area contributed by atoms with Gasteiger partial charge in [0, 0.05) is 18.3 Å². The van der Waals surface area contributed by atoms with Gasteiger partial charge in [0.1, 0.15) is 11.6 Å². The molecule has 94 valence electrons. The fraction of sp³-hybridized carbons (Fsp3) is 0.200. The standard InChI is InChI=1S/C15H15F2N/c1-3-18(14-7-5-4-6-11(14)2)15-10-12(16)8-9-13(15)17/h4-10H,3H2,1-2H3. The van der Waals surface area contributed by atoms with Gasteiger partial charge in [0.2, 0.25) is 0 Å². The van der Waals surface area contributed by atoms with E-state index in [1.165, 1.54) is 6.07 Å². The molecule has 0 radical (unpaired) electrons. The van der Waals surface area contributed by atoms with E-state index in [4.69, 9.17) is 0 Å². The Kier molecular flexibility index (Phi) is 3.60. The summed E-state index contributed by atoms with van der Waals surface area (Å²) in [4.78, 5) is 1.77. The number of hydrogen-bond donors (Lipinski definition) is 0. The summed E-state index contributed by atoms with van der Waals surface area (Å²) in [7, 11) is 0. The second kappa shape index (κ2) is 5.17. The molecule has 1 nitrogen and oxygen atoms in total. The summed E-state index contributed by atoms with van der Waals surface area (Å²) in [6, 6.07) is 11.2. The minimum Gasteiger partial charge on any atom is -0.339 e. The molecular weight excluding hydrogens is 232 g/mol. The second-order valence-corrected chi connectivity index (χ2v) is 4.13. The molecule has 2 aromatic rings. The first kappa shape index (κ1) is 12.6. The lowest BCUT2D eigenvalue weighted by Crippen LogP contribution is -2.18. The van der Waals surface area contributed by atoms with Crippen molar-refractivity contribution in [1.29, 1.82) is 0 Å². The third-order valence-electron chi connectivity index (χ3n) is 2.92. The van der Waals surface area contributed by atoms with Crippen LogP contribution in [0.3, 0.4) is 0 Å². The lowest BCUT2D eigenvalue weighted by molar-refractivity contribution is 0.599. The summed E-state index contributed by atoms with van der Waals surface area (Å²) in [6.45, 7) is 4.44. The van der Waals surface area contributed by atoms with E-state index in [0.717, 1.165) is 23.4 Å². The first-order chi connectivity index (χ1) is 8.63. The summed E-state index contributed by atoms with van der Waals surface area (Å²) in [5, 5.41) is 0. The van der Waals surface area contributed by atoms with E-state index in [1.54, 1.807) is 4.90 Å². The first-order valence-corrected chi connectivity index (χ1v) is 5.91. The molecule has 0 spiro atoms. The average Bonchev–Trinajstić information content (AvgIpc) is 2.36. The minimum absolute atomic E-state index is 0.270. The van der Waals surface area contributed by atoms with E-state index in [9.17, 15) is 8.78 Å². The van der Waals surface area contributed by atoms with E-state index >= 15 is 0 Å². The van der Waals surface area contributed by atoms with Crippen LogP contribution in [0.15, 0.2) is 42.5 Å². The summed E-state index contributed by atoms with van der Waals surface area (Å²) in [5.41, 5.74) is 2.19. The number of rotatable bonds is 3. The summed E-state index contributed by atoms with van der Waals surface area (Å²) in [5.74, 6) is -0.847. The van der Waals surface area contributed by atoms with Crippen LogP contribution in [0.2, 0.25) is 0 Å². The number of aryl methyl sites for hydroxylation is 1. The maximum Gasteiger partial charge on any atom is 0.147 e. The lowest BCUT2D eigenvalue weighted by atomic mass is 10.1. The largest absolute Gasteiger partial charge is 0.339 e. The summed E-state index contributed by atoms with van der Waals surface area (Å²) < 4.78 is 27.1. The molecule has 3 heteroatoms. The molecule has 0 amide bonds. The molecule has 0 heterocycles.